The fourth-order valence-corrected chi connectivity index (χ4v) is 3.91. The zero-order valence-corrected chi connectivity index (χ0v) is 15.7. The second kappa shape index (κ2) is 8.14. The van der Waals surface area contributed by atoms with Crippen LogP contribution >= 0.6 is 11.3 Å². The van der Waals surface area contributed by atoms with Gasteiger partial charge in [-0.15, -0.1) is 17.8 Å². The van der Waals surface area contributed by atoms with Crippen LogP contribution in [-0.2, 0) is 10.0 Å². The van der Waals surface area contributed by atoms with Crippen LogP contribution in [0.3, 0.4) is 0 Å². The number of nitrogens with one attached hydrogen (secondary N) is 2. The lowest BCUT2D eigenvalue weighted by Gasteiger charge is -2.08. The molecule has 27 heavy (non-hydrogen) atoms. The highest BCUT2D eigenvalue weighted by molar-refractivity contribution is 7.89. The first kappa shape index (κ1) is 18.8. The van der Waals surface area contributed by atoms with Crippen molar-refractivity contribution in [3.63, 3.8) is 0 Å². The highest BCUT2D eigenvalue weighted by Crippen LogP contribution is 2.23. The van der Waals surface area contributed by atoms with Crippen LogP contribution < -0.4 is 10.0 Å². The predicted octanol–water partition coefficient (Wildman–Crippen LogP) is 2.97. The average molecular weight is 397 g/mol. The first-order valence-corrected chi connectivity index (χ1v) is 10.2. The van der Waals surface area contributed by atoms with Crippen LogP contribution in [0.1, 0.15) is 10.4 Å². The van der Waals surface area contributed by atoms with Crippen molar-refractivity contribution in [3.05, 3.63) is 65.7 Å². The summed E-state index contributed by atoms with van der Waals surface area (Å²) in [6.07, 6.45) is 6.81. The van der Waals surface area contributed by atoms with Crippen molar-refractivity contribution in [2.45, 2.75) is 4.90 Å². The third-order valence-electron chi connectivity index (χ3n) is 3.59. The highest BCUT2D eigenvalue weighted by Gasteiger charge is 2.15. The zero-order chi connectivity index (χ0) is 19.3. The van der Waals surface area contributed by atoms with E-state index in [1.165, 1.54) is 29.5 Å². The molecular weight excluding hydrogens is 382 g/mol. The number of nitrogens with zero attached hydrogens (tertiary/aromatic N) is 1. The van der Waals surface area contributed by atoms with Crippen molar-refractivity contribution >= 4 is 33.0 Å². The Bertz CT molecular complexity index is 1080. The number of terminal acetylenes is 1. The molecule has 0 spiro atoms. The lowest BCUT2D eigenvalue weighted by Crippen LogP contribution is -2.24. The summed E-state index contributed by atoms with van der Waals surface area (Å²) in [6.45, 7) is -0.121. The van der Waals surface area contributed by atoms with Crippen LogP contribution in [0.25, 0.3) is 10.6 Å². The zero-order valence-electron chi connectivity index (χ0n) is 14.0. The molecule has 1 amide bonds. The van der Waals surface area contributed by atoms with Gasteiger partial charge < -0.3 is 5.32 Å². The van der Waals surface area contributed by atoms with Gasteiger partial charge in [-0.1, -0.05) is 12.0 Å². The maximum Gasteiger partial charge on any atom is 0.255 e. The second-order valence-electron chi connectivity index (χ2n) is 5.43. The van der Waals surface area contributed by atoms with Crippen molar-refractivity contribution in [3.8, 4) is 22.9 Å². The quantitative estimate of drug-likeness (QED) is 0.626. The Morgan fingerprint density at radius 1 is 1.19 bits per heavy atom. The van der Waals surface area contributed by atoms with Gasteiger partial charge in [-0.3, -0.25) is 4.79 Å². The standard InChI is InChI=1S/C19H15N3O3S2/c1-2-10-21-27(24,25)17-5-3-4-15(13-17)18(23)22-16-8-6-14(7-9-16)19-20-11-12-26-19/h1,3-9,11-13,21H,10H2,(H,22,23). The van der Waals surface area contributed by atoms with Crippen LogP contribution in [0.2, 0.25) is 0 Å². The molecule has 0 radical (unpaired) electrons. The van der Waals surface area contributed by atoms with Crippen LogP contribution in [0.15, 0.2) is 65.0 Å². The van der Waals surface area contributed by atoms with Gasteiger partial charge in [0.25, 0.3) is 5.91 Å². The Hall–Kier alpha value is -2.99. The van der Waals surface area contributed by atoms with Crippen molar-refractivity contribution in [2.24, 2.45) is 0 Å². The Kier molecular flexibility index (Phi) is 5.66. The molecule has 0 atom stereocenters. The summed E-state index contributed by atoms with van der Waals surface area (Å²) in [6, 6.07) is 13.0. The summed E-state index contributed by atoms with van der Waals surface area (Å²) < 4.78 is 26.5. The molecule has 0 aliphatic carbocycles. The third-order valence-corrected chi connectivity index (χ3v) is 5.81. The predicted molar refractivity (Wildman–Crippen MR) is 106 cm³/mol. The van der Waals surface area contributed by atoms with E-state index in [9.17, 15) is 13.2 Å². The van der Waals surface area contributed by atoms with Crippen LogP contribution in [-0.4, -0.2) is 25.9 Å². The molecule has 2 N–H and O–H groups in total. The van der Waals surface area contributed by atoms with Gasteiger partial charge in [-0.25, -0.2) is 13.4 Å². The Morgan fingerprint density at radius 3 is 2.63 bits per heavy atom. The number of anilines is 1. The number of carbonyl (C=O) groups excluding carboxylic acids is 1. The lowest BCUT2D eigenvalue weighted by molar-refractivity contribution is 0.102. The number of benzene rings is 2. The number of carbonyl (C=O) groups is 1. The monoisotopic (exact) mass is 397 g/mol. The van der Waals surface area contributed by atoms with E-state index < -0.39 is 15.9 Å². The number of hydrogen-bond acceptors (Lipinski definition) is 5. The van der Waals surface area contributed by atoms with Gasteiger partial charge in [0.15, 0.2) is 0 Å². The van der Waals surface area contributed by atoms with Gasteiger partial charge in [0.2, 0.25) is 10.0 Å². The van der Waals surface area contributed by atoms with Crippen LogP contribution in [0.4, 0.5) is 5.69 Å². The maximum atomic E-state index is 12.5. The van der Waals surface area contributed by atoms with Gasteiger partial charge in [0.05, 0.1) is 11.4 Å². The largest absolute Gasteiger partial charge is 0.322 e. The molecule has 0 saturated carbocycles. The minimum Gasteiger partial charge on any atom is -0.322 e. The summed E-state index contributed by atoms with van der Waals surface area (Å²) in [7, 11) is -3.76. The van der Waals surface area contributed by atoms with E-state index >= 15 is 0 Å². The number of rotatable bonds is 6. The van der Waals surface area contributed by atoms with Gasteiger partial charge in [0.1, 0.15) is 5.01 Å². The first-order valence-electron chi connectivity index (χ1n) is 7.84. The van der Waals surface area contributed by atoms with Crippen LogP contribution in [0, 0.1) is 12.3 Å². The highest BCUT2D eigenvalue weighted by atomic mass is 32.2. The SMILES string of the molecule is C#CCNS(=O)(=O)c1cccc(C(=O)Nc2ccc(-c3nccs3)cc2)c1. The van der Waals surface area contributed by atoms with E-state index in [0.29, 0.717) is 5.69 Å². The summed E-state index contributed by atoms with van der Waals surface area (Å²) in [4.78, 5) is 16.7. The van der Waals surface area contributed by atoms with E-state index in [2.05, 4.69) is 20.9 Å². The van der Waals surface area contributed by atoms with Gasteiger partial charge in [0, 0.05) is 28.4 Å². The van der Waals surface area contributed by atoms with E-state index in [4.69, 9.17) is 6.42 Å². The first-order chi connectivity index (χ1) is 13.0. The average Bonchev–Trinajstić information content (AvgIpc) is 3.22. The molecule has 3 aromatic rings. The van der Waals surface area contributed by atoms with Crippen molar-refractivity contribution in [2.75, 3.05) is 11.9 Å². The number of sulfonamides is 1. The molecule has 0 aliphatic rings. The molecule has 3 rings (SSSR count). The van der Waals surface area contributed by atoms with E-state index in [1.54, 1.807) is 24.4 Å². The molecular formula is C19H15N3O3S2. The molecule has 0 bridgehead atoms. The smallest absolute Gasteiger partial charge is 0.255 e. The number of aromatic nitrogens is 1. The Labute approximate surface area is 161 Å². The fraction of sp³-hybridized carbons (Fsp3) is 0.0526. The lowest BCUT2D eigenvalue weighted by atomic mass is 10.2. The normalized spacial score (nSPS) is 10.9. The molecule has 6 nitrogen and oxygen atoms in total. The van der Waals surface area contributed by atoms with Crippen molar-refractivity contribution < 1.29 is 13.2 Å². The van der Waals surface area contributed by atoms with Crippen molar-refractivity contribution in [1.29, 1.82) is 0 Å². The van der Waals surface area contributed by atoms with Crippen LogP contribution in [0.5, 0.6) is 0 Å². The molecule has 136 valence electrons. The minimum atomic E-state index is -3.76. The van der Waals surface area contributed by atoms with Gasteiger partial charge in [-0.05, 0) is 42.5 Å². The molecule has 0 saturated heterocycles. The second-order valence-corrected chi connectivity index (χ2v) is 8.09. The van der Waals surface area contributed by atoms with Crippen molar-refractivity contribution in [1.82, 2.24) is 9.71 Å². The Morgan fingerprint density at radius 2 is 1.96 bits per heavy atom. The molecule has 1 aromatic heterocycles. The topological polar surface area (TPSA) is 88.2 Å². The maximum absolute atomic E-state index is 12.5. The van der Waals surface area contributed by atoms with Gasteiger partial charge >= 0.3 is 0 Å². The molecule has 1 heterocycles. The fourth-order valence-electron chi connectivity index (χ4n) is 2.29. The van der Waals surface area contributed by atoms with E-state index in [0.717, 1.165) is 10.6 Å². The molecule has 0 fully saturated rings. The summed E-state index contributed by atoms with van der Waals surface area (Å²) in [5.41, 5.74) is 1.78. The van der Waals surface area contributed by atoms with Gasteiger partial charge in [-0.2, -0.15) is 4.72 Å². The molecule has 8 heteroatoms. The molecule has 2 aromatic carbocycles. The summed E-state index contributed by atoms with van der Waals surface area (Å²) >= 11 is 1.53. The molecule has 0 unspecified atom stereocenters. The summed E-state index contributed by atoms with van der Waals surface area (Å²) in [5.74, 6) is 1.79. The number of amides is 1. The molecule has 0 aliphatic heterocycles. The minimum absolute atomic E-state index is 0.0236. The van der Waals surface area contributed by atoms with E-state index in [1.807, 2.05) is 17.5 Å². The summed E-state index contributed by atoms with van der Waals surface area (Å²) in [5, 5.41) is 5.54. The number of hydrogen-bond donors (Lipinski definition) is 2. The number of thiazole rings is 1. The third kappa shape index (κ3) is 4.60. The van der Waals surface area contributed by atoms with E-state index in [-0.39, 0.29) is 17.0 Å². The Balaban J connectivity index is 1.75.